The number of hydrogen-bond donors (Lipinski definition) is 3. The molecule has 0 spiro atoms. The number of benzene rings is 3. The Morgan fingerprint density at radius 1 is 1.07 bits per heavy atom. The Balaban J connectivity index is 1.41. The predicted molar refractivity (Wildman–Crippen MR) is 179 cm³/mol. The Morgan fingerprint density at radius 2 is 1.84 bits per heavy atom. The molecule has 0 radical (unpaired) electrons. The molecule has 0 saturated carbocycles. The van der Waals surface area contributed by atoms with E-state index in [-0.39, 0.29) is 56.6 Å². The van der Waals surface area contributed by atoms with E-state index in [0.717, 1.165) is 26.9 Å². The topological polar surface area (TPSA) is 124 Å². The van der Waals surface area contributed by atoms with Gasteiger partial charge in [0.1, 0.15) is 6.04 Å². The highest BCUT2D eigenvalue weighted by Gasteiger charge is 2.33. The molecule has 0 bridgehead atoms. The molecule has 0 unspecified atom stereocenters. The van der Waals surface area contributed by atoms with Crippen molar-refractivity contribution in [2.45, 2.75) is 45.4 Å². The summed E-state index contributed by atoms with van der Waals surface area (Å²) in [5.41, 5.74) is 9.31. The molecular formula is C32H35Cl2N7O3S. The number of carbonyl (C=O) groups is 3. The van der Waals surface area contributed by atoms with Crippen LogP contribution in [0.15, 0.2) is 66.7 Å². The number of nitrogens with one attached hydrogen (secondary N) is 2. The van der Waals surface area contributed by atoms with Crippen LogP contribution >= 0.6 is 34.5 Å². The van der Waals surface area contributed by atoms with Crippen molar-refractivity contribution >= 4 is 67.7 Å². The van der Waals surface area contributed by atoms with E-state index in [2.05, 4.69) is 15.6 Å². The first-order valence-electron chi connectivity index (χ1n) is 14.6. The number of anilines is 1. The van der Waals surface area contributed by atoms with Crippen LogP contribution in [-0.4, -0.2) is 69.5 Å². The average Bonchev–Trinajstić information content (AvgIpc) is 3.41. The van der Waals surface area contributed by atoms with Gasteiger partial charge in [0, 0.05) is 38.6 Å². The van der Waals surface area contributed by atoms with Crippen molar-refractivity contribution in [3.05, 3.63) is 93.5 Å². The van der Waals surface area contributed by atoms with E-state index < -0.39 is 6.04 Å². The minimum absolute atomic E-state index is 0.108. The third-order valence-electron chi connectivity index (χ3n) is 7.49. The molecule has 236 valence electrons. The third kappa shape index (κ3) is 8.04. The lowest BCUT2D eigenvalue weighted by atomic mass is 10.0. The molecule has 1 aliphatic rings. The van der Waals surface area contributed by atoms with Crippen LogP contribution in [0.4, 0.5) is 9.93 Å². The number of carbonyl (C=O) groups excluding carboxylic acids is 3. The molecule has 2 heterocycles. The van der Waals surface area contributed by atoms with E-state index in [1.54, 1.807) is 28.1 Å². The van der Waals surface area contributed by atoms with Gasteiger partial charge in [0.15, 0.2) is 5.13 Å². The number of nitrogens with zero attached hydrogens (tertiary/aromatic N) is 4. The number of para-hydroxylation sites is 1. The van der Waals surface area contributed by atoms with Gasteiger partial charge in [-0.25, -0.2) is 14.8 Å². The summed E-state index contributed by atoms with van der Waals surface area (Å²) >= 11 is 13.6. The summed E-state index contributed by atoms with van der Waals surface area (Å²) in [5.74, 6) is -0.571. The number of amides is 4. The summed E-state index contributed by atoms with van der Waals surface area (Å²) in [6.07, 6.45) is 0.327. The van der Waals surface area contributed by atoms with Crippen LogP contribution in [0, 0.1) is 0 Å². The maximum atomic E-state index is 14.1. The predicted octanol–water partition coefficient (Wildman–Crippen LogP) is 5.09. The molecule has 45 heavy (non-hydrogen) atoms. The van der Waals surface area contributed by atoms with Crippen LogP contribution in [0.25, 0.3) is 10.2 Å². The normalized spacial score (nSPS) is 16.3. The molecule has 1 aromatic heterocycles. The highest BCUT2D eigenvalue weighted by Crippen LogP contribution is 2.28. The Labute approximate surface area is 276 Å². The standard InChI is InChI=1S/C32H35Cl2N7O3S/c1-20(2)41(32(44)36-17-22-11-12-24(33)25(34)15-22)40-14-13-39(18-23-9-6-10-27-29(23)38-31(35)45-27)30(43)26(37-28(42)19-40)16-21-7-4-3-5-8-21/h3-12,15,20,26H,13-14,16-19H2,1-2H3,(H2,35,38)(H,36,44)(H,37,42)/t26-/m0/s1. The number of hydrogen-bond acceptors (Lipinski definition) is 7. The van der Waals surface area contributed by atoms with Crippen molar-refractivity contribution in [1.29, 1.82) is 0 Å². The van der Waals surface area contributed by atoms with Crippen molar-refractivity contribution in [2.24, 2.45) is 0 Å². The number of hydrazine groups is 1. The Bertz CT molecular complexity index is 1680. The fourth-order valence-corrected chi connectivity index (χ4v) is 6.50. The molecule has 4 amide bonds. The third-order valence-corrected chi connectivity index (χ3v) is 9.08. The lowest BCUT2D eigenvalue weighted by molar-refractivity contribution is -0.136. The van der Waals surface area contributed by atoms with Crippen LogP contribution in [-0.2, 0) is 29.1 Å². The summed E-state index contributed by atoms with van der Waals surface area (Å²) in [6.45, 7) is 4.62. The van der Waals surface area contributed by atoms with Gasteiger partial charge >= 0.3 is 6.03 Å². The average molecular weight is 669 g/mol. The maximum Gasteiger partial charge on any atom is 0.332 e. The fourth-order valence-electron chi connectivity index (χ4n) is 5.40. The number of aromatic nitrogens is 1. The molecule has 1 aliphatic heterocycles. The van der Waals surface area contributed by atoms with Crippen LogP contribution in [0.1, 0.15) is 30.5 Å². The summed E-state index contributed by atoms with van der Waals surface area (Å²) < 4.78 is 0.933. The first-order chi connectivity index (χ1) is 21.6. The lowest BCUT2D eigenvalue weighted by Crippen LogP contribution is -2.57. The second-order valence-electron chi connectivity index (χ2n) is 11.1. The second kappa shape index (κ2) is 14.5. The van der Waals surface area contributed by atoms with E-state index in [4.69, 9.17) is 28.9 Å². The number of nitrogens with two attached hydrogens (primary N) is 1. The zero-order valence-corrected chi connectivity index (χ0v) is 27.3. The van der Waals surface area contributed by atoms with Gasteiger partial charge in [-0.2, -0.15) is 0 Å². The second-order valence-corrected chi connectivity index (χ2v) is 13.0. The van der Waals surface area contributed by atoms with Crippen molar-refractivity contribution < 1.29 is 14.4 Å². The van der Waals surface area contributed by atoms with E-state index in [1.807, 2.05) is 62.4 Å². The first kappa shape index (κ1) is 32.5. The summed E-state index contributed by atoms with van der Waals surface area (Å²) in [4.78, 5) is 47.4. The summed E-state index contributed by atoms with van der Waals surface area (Å²) in [6, 6.07) is 19.1. The SMILES string of the molecule is CC(C)N(C(=O)NCc1ccc(Cl)c(Cl)c1)N1CCN(Cc2cccc3sc(N)nc23)C(=O)[C@H](Cc2ccccc2)NC(=O)C1. The van der Waals surface area contributed by atoms with Crippen molar-refractivity contribution in [3.8, 4) is 0 Å². The molecule has 13 heteroatoms. The number of rotatable bonds is 8. The smallest absolute Gasteiger partial charge is 0.332 e. The molecule has 4 aromatic rings. The van der Waals surface area contributed by atoms with E-state index >= 15 is 0 Å². The van der Waals surface area contributed by atoms with Crippen LogP contribution in [0.3, 0.4) is 0 Å². The maximum absolute atomic E-state index is 14.1. The number of nitrogen functional groups attached to an aromatic ring is 1. The number of fused-ring (bicyclic) bond motifs is 1. The van der Waals surface area contributed by atoms with Gasteiger partial charge in [0.2, 0.25) is 11.8 Å². The molecule has 1 atom stereocenters. The monoisotopic (exact) mass is 667 g/mol. The minimum atomic E-state index is -0.796. The van der Waals surface area contributed by atoms with Gasteiger partial charge < -0.3 is 21.3 Å². The van der Waals surface area contributed by atoms with Gasteiger partial charge in [0.05, 0.1) is 26.8 Å². The van der Waals surface area contributed by atoms with Crippen molar-refractivity contribution in [2.75, 3.05) is 25.4 Å². The Hall–Kier alpha value is -3.90. The quantitative estimate of drug-likeness (QED) is 0.240. The summed E-state index contributed by atoms with van der Waals surface area (Å²) in [7, 11) is 0. The molecule has 1 saturated heterocycles. The summed E-state index contributed by atoms with van der Waals surface area (Å²) in [5, 5.41) is 10.4. The molecule has 5 rings (SSSR count). The molecular weight excluding hydrogens is 633 g/mol. The Morgan fingerprint density at radius 3 is 2.58 bits per heavy atom. The van der Waals surface area contributed by atoms with Crippen molar-refractivity contribution in [1.82, 2.24) is 30.5 Å². The van der Waals surface area contributed by atoms with Gasteiger partial charge in [-0.15, -0.1) is 0 Å². The molecule has 1 fully saturated rings. The largest absolute Gasteiger partial charge is 0.375 e. The van der Waals surface area contributed by atoms with E-state index in [0.29, 0.717) is 21.6 Å². The fraction of sp³-hybridized carbons (Fsp3) is 0.312. The minimum Gasteiger partial charge on any atom is -0.375 e. The number of urea groups is 1. The highest BCUT2D eigenvalue weighted by atomic mass is 35.5. The lowest BCUT2D eigenvalue weighted by Gasteiger charge is -2.37. The molecule has 0 aliphatic carbocycles. The number of halogens is 2. The van der Waals surface area contributed by atoms with Crippen molar-refractivity contribution in [3.63, 3.8) is 0 Å². The van der Waals surface area contributed by atoms with Gasteiger partial charge in [0.25, 0.3) is 0 Å². The zero-order valence-electron chi connectivity index (χ0n) is 25.0. The van der Waals surface area contributed by atoms with Crippen LogP contribution in [0.5, 0.6) is 0 Å². The van der Waals surface area contributed by atoms with Crippen LogP contribution < -0.4 is 16.4 Å². The van der Waals surface area contributed by atoms with Gasteiger partial charge in [-0.3, -0.25) is 14.6 Å². The van der Waals surface area contributed by atoms with Crippen LogP contribution in [0.2, 0.25) is 10.0 Å². The van der Waals surface area contributed by atoms with E-state index in [9.17, 15) is 14.4 Å². The molecule has 3 aromatic carbocycles. The highest BCUT2D eigenvalue weighted by molar-refractivity contribution is 7.22. The Kier molecular flexibility index (Phi) is 10.4. The first-order valence-corrected chi connectivity index (χ1v) is 16.2. The molecule has 10 nitrogen and oxygen atoms in total. The van der Waals surface area contributed by atoms with E-state index in [1.165, 1.54) is 16.3 Å². The zero-order chi connectivity index (χ0) is 32.1. The van der Waals surface area contributed by atoms with Gasteiger partial charge in [-0.1, -0.05) is 83.1 Å². The molecule has 4 N–H and O–H groups in total. The van der Waals surface area contributed by atoms with Gasteiger partial charge in [-0.05, 0) is 48.7 Å². The number of thiazole rings is 1.